The van der Waals surface area contributed by atoms with Crippen LogP contribution in [0.5, 0.6) is 0 Å². The molecule has 0 bridgehead atoms. The van der Waals surface area contributed by atoms with Crippen LogP contribution in [-0.2, 0) is 6.42 Å². The first-order chi connectivity index (χ1) is 10.3. The van der Waals surface area contributed by atoms with Gasteiger partial charge in [0.2, 0.25) is 4.96 Å². The van der Waals surface area contributed by atoms with Crippen LogP contribution in [0.4, 0.5) is 0 Å². The van der Waals surface area contributed by atoms with E-state index in [2.05, 4.69) is 34.5 Å². The Hall–Kier alpha value is -1.79. The number of fused-ring (bicyclic) bond motifs is 1. The molecule has 3 aromatic rings. The van der Waals surface area contributed by atoms with Crippen molar-refractivity contribution in [3.63, 3.8) is 0 Å². The van der Waals surface area contributed by atoms with Crippen molar-refractivity contribution in [3.05, 3.63) is 35.7 Å². The van der Waals surface area contributed by atoms with E-state index in [9.17, 15) is 0 Å². The highest BCUT2D eigenvalue weighted by Crippen LogP contribution is 2.36. The van der Waals surface area contributed by atoms with E-state index in [4.69, 9.17) is 10.8 Å². The van der Waals surface area contributed by atoms with Crippen molar-refractivity contribution in [3.8, 4) is 10.6 Å². The molecule has 4 rings (SSSR count). The van der Waals surface area contributed by atoms with Crippen LogP contribution in [-0.4, -0.2) is 26.4 Å². The van der Waals surface area contributed by atoms with Crippen LogP contribution in [0.25, 0.3) is 15.5 Å². The lowest BCUT2D eigenvalue weighted by atomic mass is 9.85. The maximum atomic E-state index is 5.63. The van der Waals surface area contributed by atoms with Gasteiger partial charge in [-0.3, -0.25) is 0 Å². The Labute approximate surface area is 126 Å². The van der Waals surface area contributed by atoms with E-state index in [1.54, 1.807) is 11.3 Å². The Morgan fingerprint density at radius 3 is 2.95 bits per heavy atom. The van der Waals surface area contributed by atoms with Crippen molar-refractivity contribution >= 4 is 16.3 Å². The van der Waals surface area contributed by atoms with Crippen molar-refractivity contribution in [2.75, 3.05) is 6.54 Å². The van der Waals surface area contributed by atoms with E-state index >= 15 is 0 Å². The standard InChI is InChI=1S/C15H17N5S/c16-8-7-10-3-1-6-12(9-10)14-19-20-13(11-4-2-5-11)17-18-15(20)21-14/h1,3,6,9,11H,2,4-5,7-8,16H2. The molecule has 0 unspecified atom stereocenters. The highest BCUT2D eigenvalue weighted by atomic mass is 32.1. The van der Waals surface area contributed by atoms with Gasteiger partial charge in [-0.2, -0.15) is 9.61 Å². The molecule has 108 valence electrons. The van der Waals surface area contributed by atoms with Gasteiger partial charge in [0.1, 0.15) is 5.01 Å². The van der Waals surface area contributed by atoms with E-state index in [0.29, 0.717) is 12.5 Å². The van der Waals surface area contributed by atoms with E-state index in [0.717, 1.165) is 27.8 Å². The minimum Gasteiger partial charge on any atom is -0.330 e. The Balaban J connectivity index is 1.73. The number of hydrogen-bond donors (Lipinski definition) is 1. The third-order valence-electron chi connectivity index (χ3n) is 4.09. The van der Waals surface area contributed by atoms with Gasteiger partial charge >= 0.3 is 0 Å². The monoisotopic (exact) mass is 299 g/mol. The number of nitrogens with zero attached hydrogens (tertiary/aromatic N) is 4. The van der Waals surface area contributed by atoms with Gasteiger partial charge in [0.15, 0.2) is 5.82 Å². The SMILES string of the molecule is NCCc1cccc(-c2nn3c(C4CCC4)nnc3s2)c1. The smallest absolute Gasteiger partial charge is 0.234 e. The van der Waals surface area contributed by atoms with Crippen LogP contribution in [0.2, 0.25) is 0 Å². The van der Waals surface area contributed by atoms with Crippen LogP contribution in [0.15, 0.2) is 24.3 Å². The average molecular weight is 299 g/mol. The summed E-state index contributed by atoms with van der Waals surface area (Å²) in [5.41, 5.74) is 8.02. The lowest BCUT2D eigenvalue weighted by molar-refractivity contribution is 0.395. The van der Waals surface area contributed by atoms with Gasteiger partial charge in [-0.1, -0.05) is 36.0 Å². The second-order valence-electron chi connectivity index (χ2n) is 5.53. The number of aromatic nitrogens is 4. The predicted octanol–water partition coefficient (Wildman–Crippen LogP) is 2.62. The summed E-state index contributed by atoms with van der Waals surface area (Å²) in [6.45, 7) is 0.667. The maximum absolute atomic E-state index is 5.63. The lowest BCUT2D eigenvalue weighted by Crippen LogP contribution is -2.12. The molecule has 0 aliphatic heterocycles. The van der Waals surface area contributed by atoms with Gasteiger partial charge in [-0.15, -0.1) is 10.2 Å². The van der Waals surface area contributed by atoms with Gasteiger partial charge in [-0.25, -0.2) is 0 Å². The summed E-state index contributed by atoms with van der Waals surface area (Å²) < 4.78 is 1.93. The van der Waals surface area contributed by atoms with Gasteiger partial charge < -0.3 is 5.73 Å². The third kappa shape index (κ3) is 2.24. The first-order valence-corrected chi connectivity index (χ1v) is 8.18. The summed E-state index contributed by atoms with van der Waals surface area (Å²) in [6.07, 6.45) is 4.60. The number of benzene rings is 1. The molecular formula is C15H17N5S. The molecule has 0 amide bonds. The first-order valence-electron chi connectivity index (χ1n) is 7.36. The molecule has 0 saturated heterocycles. The van der Waals surface area contributed by atoms with E-state index in [-0.39, 0.29) is 0 Å². The average Bonchev–Trinajstić information content (AvgIpc) is 3.00. The summed E-state index contributed by atoms with van der Waals surface area (Å²) >= 11 is 1.60. The highest BCUT2D eigenvalue weighted by Gasteiger charge is 2.26. The fraction of sp³-hybridized carbons (Fsp3) is 0.400. The molecule has 5 nitrogen and oxygen atoms in total. The predicted molar refractivity (Wildman–Crippen MR) is 83.4 cm³/mol. The van der Waals surface area contributed by atoms with Crippen molar-refractivity contribution in [1.82, 2.24) is 19.8 Å². The summed E-state index contributed by atoms with van der Waals surface area (Å²) in [4.78, 5) is 0.885. The van der Waals surface area contributed by atoms with Crippen molar-refractivity contribution in [1.29, 1.82) is 0 Å². The number of hydrogen-bond acceptors (Lipinski definition) is 5. The van der Waals surface area contributed by atoms with Gasteiger partial charge in [0.05, 0.1) is 0 Å². The molecule has 1 aliphatic carbocycles. The topological polar surface area (TPSA) is 69.1 Å². The van der Waals surface area contributed by atoms with Gasteiger partial charge in [-0.05, 0) is 37.4 Å². The zero-order chi connectivity index (χ0) is 14.2. The van der Waals surface area contributed by atoms with Crippen LogP contribution < -0.4 is 5.73 Å². The normalized spacial score (nSPS) is 15.5. The molecule has 1 saturated carbocycles. The van der Waals surface area contributed by atoms with Crippen LogP contribution in [0, 0.1) is 0 Å². The fourth-order valence-corrected chi connectivity index (χ4v) is 3.54. The van der Waals surface area contributed by atoms with E-state index in [1.807, 2.05) is 4.52 Å². The van der Waals surface area contributed by atoms with E-state index < -0.39 is 0 Å². The second kappa shape index (κ2) is 5.20. The maximum Gasteiger partial charge on any atom is 0.234 e. The van der Waals surface area contributed by atoms with E-state index in [1.165, 1.54) is 24.8 Å². The fourth-order valence-electron chi connectivity index (χ4n) is 2.70. The van der Waals surface area contributed by atoms with Crippen LogP contribution in [0.3, 0.4) is 0 Å². The van der Waals surface area contributed by atoms with Gasteiger partial charge in [0, 0.05) is 11.5 Å². The van der Waals surface area contributed by atoms with Crippen molar-refractivity contribution in [2.45, 2.75) is 31.6 Å². The molecule has 0 atom stereocenters. The summed E-state index contributed by atoms with van der Waals surface area (Å²) in [5.74, 6) is 1.57. The summed E-state index contributed by atoms with van der Waals surface area (Å²) in [5, 5.41) is 14.3. The Bertz CT molecular complexity index is 771. The Kier molecular flexibility index (Phi) is 3.20. The largest absolute Gasteiger partial charge is 0.330 e. The molecular weight excluding hydrogens is 282 g/mol. The molecule has 21 heavy (non-hydrogen) atoms. The molecule has 0 radical (unpaired) electrons. The van der Waals surface area contributed by atoms with Gasteiger partial charge in [0.25, 0.3) is 0 Å². The lowest BCUT2D eigenvalue weighted by Gasteiger charge is -2.22. The molecule has 1 aliphatic rings. The molecule has 2 aromatic heterocycles. The number of nitrogens with two attached hydrogens (primary N) is 1. The minimum absolute atomic E-state index is 0.540. The second-order valence-corrected chi connectivity index (χ2v) is 6.48. The quantitative estimate of drug-likeness (QED) is 0.804. The highest BCUT2D eigenvalue weighted by molar-refractivity contribution is 7.19. The molecule has 6 heteroatoms. The zero-order valence-corrected chi connectivity index (χ0v) is 12.5. The molecule has 0 spiro atoms. The Morgan fingerprint density at radius 2 is 2.19 bits per heavy atom. The third-order valence-corrected chi connectivity index (χ3v) is 5.04. The van der Waals surface area contributed by atoms with Crippen molar-refractivity contribution < 1.29 is 0 Å². The molecule has 2 N–H and O–H groups in total. The molecule has 1 fully saturated rings. The van der Waals surface area contributed by atoms with Crippen LogP contribution >= 0.6 is 11.3 Å². The summed E-state index contributed by atoms with van der Waals surface area (Å²) in [7, 11) is 0. The molecule has 2 heterocycles. The summed E-state index contributed by atoms with van der Waals surface area (Å²) in [6, 6.07) is 8.43. The minimum atomic E-state index is 0.540. The zero-order valence-electron chi connectivity index (χ0n) is 11.7. The molecule has 1 aromatic carbocycles. The first kappa shape index (κ1) is 12.9. The van der Waals surface area contributed by atoms with Crippen LogP contribution in [0.1, 0.15) is 36.6 Å². The Morgan fingerprint density at radius 1 is 1.29 bits per heavy atom. The van der Waals surface area contributed by atoms with Crippen molar-refractivity contribution in [2.24, 2.45) is 5.73 Å². The number of rotatable bonds is 4.